The maximum absolute atomic E-state index is 12.8. The van der Waals surface area contributed by atoms with Gasteiger partial charge in [0.1, 0.15) is 5.71 Å². The first-order chi connectivity index (χ1) is 14.5. The van der Waals surface area contributed by atoms with E-state index in [1.807, 2.05) is 30.3 Å². The van der Waals surface area contributed by atoms with Gasteiger partial charge < -0.3 is 10.4 Å². The molecular formula is C22H18N4O4. The SMILES string of the molecule is O=C(NCc1ccccc1)C1=Nc2c(ncn(Cc3ccc(C(=O)O)cc3)c2=O)C1. The number of carbonyl (C=O) groups is 2. The Morgan fingerprint density at radius 3 is 2.47 bits per heavy atom. The quantitative estimate of drug-likeness (QED) is 0.654. The fraction of sp³-hybridized carbons (Fsp3) is 0.136. The van der Waals surface area contributed by atoms with Crippen LogP contribution in [0.25, 0.3) is 0 Å². The molecule has 150 valence electrons. The van der Waals surface area contributed by atoms with Crippen molar-refractivity contribution in [1.29, 1.82) is 0 Å². The summed E-state index contributed by atoms with van der Waals surface area (Å²) in [5.74, 6) is -1.34. The average Bonchev–Trinajstić information content (AvgIpc) is 3.20. The smallest absolute Gasteiger partial charge is 0.335 e. The largest absolute Gasteiger partial charge is 0.478 e. The van der Waals surface area contributed by atoms with Crippen LogP contribution < -0.4 is 10.9 Å². The van der Waals surface area contributed by atoms with Gasteiger partial charge in [-0.15, -0.1) is 0 Å². The van der Waals surface area contributed by atoms with Crippen LogP contribution in [0.15, 0.2) is 70.7 Å². The number of aromatic nitrogens is 2. The van der Waals surface area contributed by atoms with Crippen molar-refractivity contribution in [2.24, 2.45) is 4.99 Å². The number of aromatic carboxylic acids is 1. The van der Waals surface area contributed by atoms with Crippen LogP contribution in [0.5, 0.6) is 0 Å². The van der Waals surface area contributed by atoms with Gasteiger partial charge >= 0.3 is 5.97 Å². The monoisotopic (exact) mass is 402 g/mol. The molecule has 1 aliphatic heterocycles. The summed E-state index contributed by atoms with van der Waals surface area (Å²) in [5, 5.41) is 11.8. The molecule has 0 atom stereocenters. The minimum absolute atomic E-state index is 0.171. The van der Waals surface area contributed by atoms with Gasteiger partial charge in [-0.05, 0) is 23.3 Å². The van der Waals surface area contributed by atoms with Gasteiger partial charge in [-0.1, -0.05) is 42.5 Å². The molecule has 0 unspecified atom stereocenters. The van der Waals surface area contributed by atoms with Gasteiger partial charge in [0, 0.05) is 13.0 Å². The molecule has 2 N–H and O–H groups in total. The van der Waals surface area contributed by atoms with Crippen LogP contribution in [0.4, 0.5) is 5.69 Å². The molecule has 3 aromatic rings. The van der Waals surface area contributed by atoms with E-state index < -0.39 is 5.97 Å². The summed E-state index contributed by atoms with van der Waals surface area (Å²) >= 11 is 0. The number of aliphatic imine (C=N–C) groups is 1. The van der Waals surface area contributed by atoms with E-state index in [0.717, 1.165) is 11.1 Å². The number of carbonyl (C=O) groups excluding carboxylic acids is 1. The van der Waals surface area contributed by atoms with Gasteiger partial charge in [0.25, 0.3) is 11.5 Å². The minimum Gasteiger partial charge on any atom is -0.478 e. The number of hydrogen-bond donors (Lipinski definition) is 2. The van der Waals surface area contributed by atoms with E-state index in [1.165, 1.54) is 23.0 Å². The fourth-order valence-corrected chi connectivity index (χ4v) is 3.16. The Hall–Kier alpha value is -4.07. The Labute approximate surface area is 171 Å². The Balaban J connectivity index is 1.49. The van der Waals surface area contributed by atoms with E-state index in [4.69, 9.17) is 5.11 Å². The third kappa shape index (κ3) is 4.02. The lowest BCUT2D eigenvalue weighted by molar-refractivity contribution is -0.115. The number of rotatable bonds is 6. The van der Waals surface area contributed by atoms with E-state index in [9.17, 15) is 14.4 Å². The molecule has 1 aromatic heterocycles. The van der Waals surface area contributed by atoms with Crippen LogP contribution in [0.2, 0.25) is 0 Å². The molecule has 8 nitrogen and oxygen atoms in total. The summed E-state index contributed by atoms with van der Waals surface area (Å²) in [7, 11) is 0. The lowest BCUT2D eigenvalue weighted by atomic mass is 10.1. The standard InChI is InChI=1S/C22H18N4O4/c27-20(23-11-14-4-2-1-3-5-14)18-10-17-19(25-18)21(28)26(13-24-17)12-15-6-8-16(9-7-15)22(29)30/h1-9,13H,10-12H2,(H,23,27)(H,29,30). The maximum Gasteiger partial charge on any atom is 0.335 e. The van der Waals surface area contributed by atoms with Gasteiger partial charge in [-0.2, -0.15) is 0 Å². The summed E-state index contributed by atoms with van der Waals surface area (Å²) in [6, 6.07) is 15.8. The lowest BCUT2D eigenvalue weighted by Gasteiger charge is -2.07. The molecule has 0 bridgehead atoms. The number of hydrogen-bond acceptors (Lipinski definition) is 5. The predicted molar refractivity (Wildman–Crippen MR) is 110 cm³/mol. The number of fused-ring (bicyclic) bond motifs is 1. The lowest BCUT2D eigenvalue weighted by Crippen LogP contribution is -2.30. The van der Waals surface area contributed by atoms with Gasteiger partial charge in [0.15, 0.2) is 5.69 Å². The molecule has 0 radical (unpaired) electrons. The van der Waals surface area contributed by atoms with E-state index in [1.54, 1.807) is 12.1 Å². The second kappa shape index (κ2) is 8.12. The van der Waals surface area contributed by atoms with Crippen LogP contribution in [0, 0.1) is 0 Å². The molecule has 0 aliphatic carbocycles. The highest BCUT2D eigenvalue weighted by Gasteiger charge is 2.24. The van der Waals surface area contributed by atoms with E-state index >= 15 is 0 Å². The van der Waals surface area contributed by atoms with Gasteiger partial charge in [-0.25, -0.2) is 14.8 Å². The fourth-order valence-electron chi connectivity index (χ4n) is 3.16. The second-order valence-electron chi connectivity index (χ2n) is 6.88. The second-order valence-corrected chi connectivity index (χ2v) is 6.88. The number of amides is 1. The highest BCUT2D eigenvalue weighted by molar-refractivity contribution is 6.40. The van der Waals surface area contributed by atoms with E-state index in [2.05, 4.69) is 15.3 Å². The van der Waals surface area contributed by atoms with Crippen molar-refractivity contribution in [3.8, 4) is 0 Å². The molecule has 0 saturated carbocycles. The normalized spacial score (nSPS) is 12.2. The van der Waals surface area contributed by atoms with Crippen LogP contribution in [-0.2, 0) is 24.3 Å². The van der Waals surface area contributed by atoms with Crippen molar-refractivity contribution in [3.05, 3.63) is 93.7 Å². The number of nitrogens with zero attached hydrogens (tertiary/aromatic N) is 3. The molecule has 2 aromatic carbocycles. The minimum atomic E-state index is -1.01. The van der Waals surface area contributed by atoms with Crippen molar-refractivity contribution in [2.75, 3.05) is 0 Å². The van der Waals surface area contributed by atoms with Crippen molar-refractivity contribution in [2.45, 2.75) is 19.5 Å². The zero-order valence-electron chi connectivity index (χ0n) is 15.9. The highest BCUT2D eigenvalue weighted by Crippen LogP contribution is 2.20. The number of carboxylic acids is 1. The first kappa shape index (κ1) is 19.3. The molecular weight excluding hydrogens is 384 g/mol. The zero-order valence-corrected chi connectivity index (χ0v) is 15.9. The van der Waals surface area contributed by atoms with Crippen molar-refractivity contribution in [1.82, 2.24) is 14.9 Å². The summed E-state index contributed by atoms with van der Waals surface area (Å²) in [6.07, 6.45) is 1.63. The number of benzene rings is 2. The Morgan fingerprint density at radius 2 is 1.77 bits per heavy atom. The number of nitrogens with one attached hydrogen (secondary N) is 1. The zero-order chi connectivity index (χ0) is 21.1. The maximum atomic E-state index is 12.8. The third-order valence-corrected chi connectivity index (χ3v) is 4.78. The molecule has 0 fully saturated rings. The third-order valence-electron chi connectivity index (χ3n) is 4.78. The van der Waals surface area contributed by atoms with Crippen LogP contribution in [-0.4, -0.2) is 32.2 Å². The van der Waals surface area contributed by atoms with Crippen molar-refractivity contribution < 1.29 is 14.7 Å². The summed E-state index contributed by atoms with van der Waals surface area (Å²) < 4.78 is 1.39. The molecule has 4 rings (SSSR count). The highest BCUT2D eigenvalue weighted by atomic mass is 16.4. The molecule has 1 amide bonds. The van der Waals surface area contributed by atoms with Crippen LogP contribution in [0.3, 0.4) is 0 Å². The molecule has 0 spiro atoms. The Bertz CT molecular complexity index is 1200. The molecule has 1 aliphatic rings. The van der Waals surface area contributed by atoms with Gasteiger partial charge in [0.2, 0.25) is 0 Å². The van der Waals surface area contributed by atoms with Crippen LogP contribution in [0.1, 0.15) is 27.2 Å². The molecule has 30 heavy (non-hydrogen) atoms. The number of carboxylic acid groups (broad SMARTS) is 1. The van der Waals surface area contributed by atoms with Crippen molar-refractivity contribution in [3.63, 3.8) is 0 Å². The Kier molecular flexibility index (Phi) is 5.21. The van der Waals surface area contributed by atoms with Crippen LogP contribution >= 0.6 is 0 Å². The predicted octanol–water partition coefficient (Wildman–Crippen LogP) is 1.93. The molecule has 2 heterocycles. The van der Waals surface area contributed by atoms with E-state index in [-0.39, 0.29) is 41.4 Å². The molecule has 0 saturated heterocycles. The average molecular weight is 402 g/mol. The Morgan fingerprint density at radius 1 is 1.03 bits per heavy atom. The van der Waals surface area contributed by atoms with Crippen molar-refractivity contribution >= 4 is 23.3 Å². The first-order valence-electron chi connectivity index (χ1n) is 9.31. The summed E-state index contributed by atoms with van der Waals surface area (Å²) in [4.78, 5) is 44.7. The summed E-state index contributed by atoms with van der Waals surface area (Å²) in [5.41, 5.74) is 2.46. The first-order valence-corrected chi connectivity index (χ1v) is 9.31. The summed E-state index contributed by atoms with van der Waals surface area (Å²) in [6.45, 7) is 0.600. The topological polar surface area (TPSA) is 114 Å². The molecule has 8 heteroatoms. The van der Waals surface area contributed by atoms with Gasteiger partial charge in [0.05, 0.1) is 24.1 Å². The van der Waals surface area contributed by atoms with Gasteiger partial charge in [-0.3, -0.25) is 14.2 Å². The van der Waals surface area contributed by atoms with E-state index in [0.29, 0.717) is 12.2 Å².